The molecule has 4 heterocycles. The molecule has 0 aliphatic carbocycles. The molecule has 2 aliphatic heterocycles. The van der Waals surface area contributed by atoms with E-state index >= 15 is 0 Å². The minimum Gasteiger partial charge on any atom is -0.470 e. The lowest BCUT2D eigenvalue weighted by Gasteiger charge is -2.42. The van der Waals surface area contributed by atoms with E-state index in [4.69, 9.17) is 13.9 Å². The van der Waals surface area contributed by atoms with Crippen LogP contribution in [0, 0.1) is 0 Å². The SMILES string of the molecule is O=C1COC2(COCCN(c3cnccn3)C2)CN1c1ccoc1. The van der Waals surface area contributed by atoms with Crippen molar-refractivity contribution in [2.75, 3.05) is 49.3 Å². The van der Waals surface area contributed by atoms with Crippen LogP contribution in [0.5, 0.6) is 0 Å². The minimum atomic E-state index is -0.612. The number of amides is 1. The molecule has 0 aromatic carbocycles. The smallest absolute Gasteiger partial charge is 0.253 e. The molecule has 1 atom stereocenters. The standard InChI is InChI=1S/C16H18N4O4/c21-15-9-24-16(11-20(15)13-1-5-22-8-13)10-19(4-6-23-12-16)14-7-17-2-3-18-14/h1-3,5,7-8H,4,6,9-12H2. The van der Waals surface area contributed by atoms with E-state index in [1.54, 1.807) is 42.1 Å². The molecule has 24 heavy (non-hydrogen) atoms. The van der Waals surface area contributed by atoms with Gasteiger partial charge >= 0.3 is 0 Å². The summed E-state index contributed by atoms with van der Waals surface area (Å²) in [5.41, 5.74) is 0.122. The zero-order valence-electron chi connectivity index (χ0n) is 13.1. The van der Waals surface area contributed by atoms with Crippen molar-refractivity contribution in [3.8, 4) is 0 Å². The van der Waals surface area contributed by atoms with Gasteiger partial charge in [-0.1, -0.05) is 0 Å². The highest BCUT2D eigenvalue weighted by molar-refractivity contribution is 5.95. The summed E-state index contributed by atoms with van der Waals surface area (Å²) in [6.45, 7) is 2.69. The summed E-state index contributed by atoms with van der Waals surface area (Å²) in [4.78, 5) is 24.5. The van der Waals surface area contributed by atoms with E-state index in [9.17, 15) is 4.79 Å². The number of carbonyl (C=O) groups excluding carboxylic acids is 1. The fraction of sp³-hybridized carbons (Fsp3) is 0.438. The van der Waals surface area contributed by atoms with E-state index in [1.165, 1.54) is 0 Å². The second-order valence-electron chi connectivity index (χ2n) is 5.97. The highest BCUT2D eigenvalue weighted by atomic mass is 16.6. The molecule has 8 nitrogen and oxygen atoms in total. The van der Waals surface area contributed by atoms with Crippen LogP contribution in [0.1, 0.15) is 0 Å². The molecule has 2 aromatic rings. The molecule has 0 N–H and O–H groups in total. The van der Waals surface area contributed by atoms with Gasteiger partial charge in [0.05, 0.1) is 44.5 Å². The van der Waals surface area contributed by atoms with Gasteiger partial charge < -0.3 is 23.7 Å². The second-order valence-corrected chi connectivity index (χ2v) is 5.97. The topological polar surface area (TPSA) is 80.9 Å². The van der Waals surface area contributed by atoms with E-state index in [1.807, 2.05) is 0 Å². The molecule has 4 rings (SSSR count). The summed E-state index contributed by atoms with van der Waals surface area (Å²) in [6, 6.07) is 1.77. The number of carbonyl (C=O) groups is 1. The number of furan rings is 1. The van der Waals surface area contributed by atoms with Crippen molar-refractivity contribution in [3.05, 3.63) is 37.2 Å². The highest BCUT2D eigenvalue weighted by Gasteiger charge is 2.43. The third-order valence-corrected chi connectivity index (χ3v) is 4.29. The van der Waals surface area contributed by atoms with E-state index < -0.39 is 5.60 Å². The third kappa shape index (κ3) is 2.85. The van der Waals surface area contributed by atoms with Crippen molar-refractivity contribution < 1.29 is 18.7 Å². The number of hydrogen-bond acceptors (Lipinski definition) is 7. The van der Waals surface area contributed by atoms with Gasteiger partial charge in [0, 0.05) is 25.0 Å². The van der Waals surface area contributed by atoms with Crippen LogP contribution in [0.4, 0.5) is 11.5 Å². The van der Waals surface area contributed by atoms with Gasteiger partial charge in [0.15, 0.2) is 0 Å². The van der Waals surface area contributed by atoms with Crippen LogP contribution in [0.3, 0.4) is 0 Å². The molecule has 8 heteroatoms. The van der Waals surface area contributed by atoms with Crippen LogP contribution in [-0.2, 0) is 14.3 Å². The Morgan fingerprint density at radius 3 is 3.00 bits per heavy atom. The van der Waals surface area contributed by atoms with Gasteiger partial charge in [-0.15, -0.1) is 0 Å². The Bertz CT molecular complexity index is 693. The molecular formula is C16H18N4O4. The second kappa shape index (κ2) is 6.21. The molecule has 2 aromatic heterocycles. The van der Waals surface area contributed by atoms with E-state index in [0.717, 1.165) is 11.5 Å². The molecular weight excluding hydrogens is 312 g/mol. The lowest BCUT2D eigenvalue weighted by Crippen LogP contribution is -2.61. The molecule has 1 spiro atoms. The first kappa shape index (κ1) is 15.1. The number of ether oxygens (including phenoxy) is 2. The summed E-state index contributed by atoms with van der Waals surface area (Å²) in [5, 5.41) is 0. The van der Waals surface area contributed by atoms with Crippen LogP contribution in [0.2, 0.25) is 0 Å². The van der Waals surface area contributed by atoms with Gasteiger partial charge in [0.1, 0.15) is 24.3 Å². The number of anilines is 2. The van der Waals surface area contributed by atoms with Gasteiger partial charge in [0.25, 0.3) is 5.91 Å². The van der Waals surface area contributed by atoms with Crippen molar-refractivity contribution in [2.24, 2.45) is 0 Å². The van der Waals surface area contributed by atoms with Gasteiger partial charge in [-0.25, -0.2) is 4.98 Å². The summed E-state index contributed by atoms with van der Waals surface area (Å²) < 4.78 is 16.8. The maximum atomic E-state index is 12.2. The Labute approximate surface area is 139 Å². The Hall–Kier alpha value is -2.45. The van der Waals surface area contributed by atoms with Gasteiger partial charge in [0.2, 0.25) is 0 Å². The van der Waals surface area contributed by atoms with Crippen LogP contribution < -0.4 is 9.80 Å². The normalized spacial score (nSPS) is 25.1. The average Bonchev–Trinajstić information content (AvgIpc) is 3.07. The molecule has 0 saturated carbocycles. The predicted octanol–water partition coefficient (Wildman–Crippen LogP) is 0.708. The van der Waals surface area contributed by atoms with Crippen LogP contribution in [0.15, 0.2) is 41.6 Å². The molecule has 0 bridgehead atoms. The Morgan fingerprint density at radius 1 is 1.25 bits per heavy atom. The fourth-order valence-corrected chi connectivity index (χ4v) is 3.10. The molecule has 1 amide bonds. The first-order chi connectivity index (χ1) is 11.8. The van der Waals surface area contributed by atoms with Gasteiger partial charge in [-0.3, -0.25) is 9.78 Å². The Balaban J connectivity index is 1.59. The molecule has 2 aliphatic rings. The summed E-state index contributed by atoms with van der Waals surface area (Å²) in [5.74, 6) is 0.690. The first-order valence-corrected chi connectivity index (χ1v) is 7.81. The summed E-state index contributed by atoms with van der Waals surface area (Å²) in [7, 11) is 0. The van der Waals surface area contributed by atoms with Crippen molar-refractivity contribution in [3.63, 3.8) is 0 Å². The van der Waals surface area contributed by atoms with Crippen LogP contribution in [0.25, 0.3) is 0 Å². The molecule has 0 radical (unpaired) electrons. The number of nitrogens with zero attached hydrogens (tertiary/aromatic N) is 4. The molecule has 2 saturated heterocycles. The highest BCUT2D eigenvalue weighted by Crippen LogP contribution is 2.28. The van der Waals surface area contributed by atoms with E-state index in [2.05, 4.69) is 14.9 Å². The van der Waals surface area contributed by atoms with Crippen molar-refractivity contribution in [2.45, 2.75) is 5.60 Å². The van der Waals surface area contributed by atoms with Gasteiger partial charge in [-0.2, -0.15) is 0 Å². The number of aromatic nitrogens is 2. The predicted molar refractivity (Wildman–Crippen MR) is 84.8 cm³/mol. The number of rotatable bonds is 2. The van der Waals surface area contributed by atoms with Crippen molar-refractivity contribution >= 4 is 17.4 Å². The maximum absolute atomic E-state index is 12.2. The third-order valence-electron chi connectivity index (χ3n) is 4.29. The summed E-state index contributed by atoms with van der Waals surface area (Å²) in [6.07, 6.45) is 8.15. The first-order valence-electron chi connectivity index (χ1n) is 7.81. The van der Waals surface area contributed by atoms with Crippen molar-refractivity contribution in [1.29, 1.82) is 0 Å². The zero-order valence-corrected chi connectivity index (χ0v) is 13.1. The number of morpholine rings is 1. The number of hydrogen-bond donors (Lipinski definition) is 0. The fourth-order valence-electron chi connectivity index (χ4n) is 3.10. The quantitative estimate of drug-likeness (QED) is 0.802. The van der Waals surface area contributed by atoms with Crippen LogP contribution in [-0.4, -0.2) is 60.9 Å². The molecule has 126 valence electrons. The van der Waals surface area contributed by atoms with Crippen LogP contribution >= 0.6 is 0 Å². The van der Waals surface area contributed by atoms with E-state index in [0.29, 0.717) is 32.8 Å². The largest absolute Gasteiger partial charge is 0.470 e. The average molecular weight is 330 g/mol. The van der Waals surface area contributed by atoms with Gasteiger partial charge in [-0.05, 0) is 0 Å². The van der Waals surface area contributed by atoms with Crippen molar-refractivity contribution in [1.82, 2.24) is 9.97 Å². The summed E-state index contributed by atoms with van der Waals surface area (Å²) >= 11 is 0. The lowest BCUT2D eigenvalue weighted by atomic mass is 10.0. The Kier molecular flexibility index (Phi) is 3.91. The maximum Gasteiger partial charge on any atom is 0.253 e. The lowest BCUT2D eigenvalue weighted by molar-refractivity contribution is -0.143. The minimum absolute atomic E-state index is 0.0167. The van der Waals surface area contributed by atoms with E-state index in [-0.39, 0.29) is 12.5 Å². The molecule has 2 fully saturated rings. The monoisotopic (exact) mass is 330 g/mol. The molecule has 1 unspecified atom stereocenters. The zero-order chi connectivity index (χ0) is 16.4. The Morgan fingerprint density at radius 2 is 2.21 bits per heavy atom.